The summed E-state index contributed by atoms with van der Waals surface area (Å²) < 4.78 is 10.6. The van der Waals surface area contributed by atoms with Gasteiger partial charge in [-0.3, -0.25) is 10.1 Å². The zero-order chi connectivity index (χ0) is 87.3. The first kappa shape index (κ1) is 86.8. The fourth-order valence-corrected chi connectivity index (χ4v) is 14.5. The molecule has 124 heavy (non-hydrogen) atoms. The van der Waals surface area contributed by atoms with Crippen LogP contribution in [0, 0.1) is 72.4 Å². The van der Waals surface area contributed by atoms with Crippen LogP contribution >= 0.6 is 0 Å². The van der Waals surface area contributed by atoms with Crippen LogP contribution in [-0.2, 0) is 0 Å². The molecule has 16 rings (SSSR count). The van der Waals surface area contributed by atoms with E-state index < -0.39 is 0 Å². The number of nitrogens with zero attached hydrogens (tertiary/aromatic N) is 9. The van der Waals surface area contributed by atoms with Crippen molar-refractivity contribution in [3.63, 3.8) is 0 Å². The lowest BCUT2D eigenvalue weighted by atomic mass is 10.1. The highest BCUT2D eigenvalue weighted by molar-refractivity contribution is 5.83. The Balaban J connectivity index is 0.000000142. The molecule has 0 atom stereocenters. The van der Waals surface area contributed by atoms with Crippen molar-refractivity contribution in [2.75, 3.05) is 81.6 Å². The molecular weight excluding hydrogens is 1520 g/mol. The Hall–Kier alpha value is -15.1. The zero-order valence-electron chi connectivity index (χ0n) is 73.6. The number of ether oxygens (including phenoxy) is 2. The van der Waals surface area contributed by atoms with Gasteiger partial charge in [0.1, 0.15) is 11.5 Å². The Morgan fingerprint density at radius 2 is 0.371 bits per heavy atom. The summed E-state index contributed by atoms with van der Waals surface area (Å²) in [5.74, 6) is 1.71. The largest absolute Gasteiger partial charge is 0.497 e. The van der Waals surface area contributed by atoms with Crippen molar-refractivity contribution < 1.29 is 14.4 Å². The third-order valence-electron chi connectivity index (χ3n) is 22.1. The molecular formula is C111H109N9O4. The van der Waals surface area contributed by atoms with Crippen LogP contribution in [0.15, 0.2) is 388 Å². The molecule has 16 aromatic carbocycles. The molecule has 0 heterocycles. The minimum absolute atomic E-state index is 0.0873. The maximum atomic E-state index is 10.9. The highest BCUT2D eigenvalue weighted by atomic mass is 16.6. The highest BCUT2D eigenvalue weighted by Gasteiger charge is 2.20. The lowest BCUT2D eigenvalue weighted by Crippen LogP contribution is -2.12. The van der Waals surface area contributed by atoms with Crippen LogP contribution in [0.3, 0.4) is 0 Å². The van der Waals surface area contributed by atoms with Gasteiger partial charge in [0, 0.05) is 160 Å². The predicted molar refractivity (Wildman–Crippen MR) is 525 cm³/mol. The first-order valence-electron chi connectivity index (χ1n) is 41.7. The summed E-state index contributed by atoms with van der Waals surface area (Å²) in [6, 6.07) is 135. The van der Waals surface area contributed by atoms with E-state index in [2.05, 4.69) is 451 Å². The van der Waals surface area contributed by atoms with Crippen LogP contribution in [0.25, 0.3) is 0 Å². The van der Waals surface area contributed by atoms with Crippen LogP contribution in [0.4, 0.5) is 119 Å². The number of hydrogen-bond donors (Lipinski definition) is 0. The molecule has 16 aromatic rings. The fourth-order valence-electron chi connectivity index (χ4n) is 14.5. The number of benzene rings is 16. The van der Waals surface area contributed by atoms with E-state index in [1.54, 1.807) is 26.4 Å². The first-order valence-corrected chi connectivity index (χ1v) is 41.7. The molecule has 13 heteroatoms. The number of nitro groups is 1. The van der Waals surface area contributed by atoms with Gasteiger partial charge in [-0.2, -0.15) is 0 Å². The van der Waals surface area contributed by atoms with E-state index in [-0.39, 0.29) is 10.6 Å². The minimum atomic E-state index is -0.386. The van der Waals surface area contributed by atoms with Crippen LogP contribution in [0.1, 0.15) is 50.1 Å². The van der Waals surface area contributed by atoms with E-state index in [0.29, 0.717) is 0 Å². The van der Waals surface area contributed by atoms with Gasteiger partial charge in [0.25, 0.3) is 5.69 Å². The molecule has 0 spiro atoms. The number of rotatable bonds is 23. The smallest absolute Gasteiger partial charge is 0.269 e. The van der Waals surface area contributed by atoms with Gasteiger partial charge in [0.15, 0.2) is 0 Å². The van der Waals surface area contributed by atoms with Crippen LogP contribution in [0.2, 0.25) is 0 Å². The third kappa shape index (κ3) is 22.1. The quantitative estimate of drug-likeness (QED) is 0.0451. The Labute approximate surface area is 733 Å². The van der Waals surface area contributed by atoms with Crippen molar-refractivity contribution in [2.45, 2.75) is 62.3 Å². The number of hydrogen-bond acceptors (Lipinski definition) is 12. The van der Waals surface area contributed by atoms with Crippen LogP contribution < -0.4 is 48.7 Å². The molecule has 0 N–H and O–H groups in total. The number of methoxy groups -OCH3 is 2. The predicted octanol–water partition coefficient (Wildman–Crippen LogP) is 30.4. The highest BCUT2D eigenvalue weighted by Crippen LogP contribution is 2.43. The molecule has 0 aromatic heterocycles. The second-order valence-electron chi connectivity index (χ2n) is 31.3. The average Bonchev–Trinajstić information content (AvgIpc) is 0.810. The summed E-state index contributed by atoms with van der Waals surface area (Å²) in [5.41, 5.74) is 33.5. The van der Waals surface area contributed by atoms with Gasteiger partial charge in [-0.25, -0.2) is 0 Å². The van der Waals surface area contributed by atoms with Gasteiger partial charge in [-0.05, 0) is 323 Å². The molecule has 0 unspecified atom stereocenters. The van der Waals surface area contributed by atoms with E-state index in [0.717, 1.165) is 120 Å². The molecule has 0 amide bonds. The number of aryl methyl sites for hydroxylation is 9. The molecule has 0 saturated heterocycles. The summed E-state index contributed by atoms with van der Waals surface area (Å²) in [7, 11) is 11.6. The SMILES string of the molecule is COc1ccc(N(C)c2ccc(N(c3ccc(C)cc3)c3ccc(C)cc3)cc2)cc1.COc1cccc(N(C)c2ccc(N(c3ccc(C)cc3)c3ccc(C)cc3)cc2)c1.Cc1ccc(N(c2ccc(C)cc2)c2ccc(N(C)c3ccc([N+](=O)[O-])cc3)cc2)cc1.Cc1ccc(N(c2ccc(C)cc2)c2ccc(N(C)c3cccc(C)c3)cc2)cc1. The van der Waals surface area contributed by atoms with Crippen LogP contribution in [-0.4, -0.2) is 47.3 Å². The van der Waals surface area contributed by atoms with Crippen molar-refractivity contribution in [1.82, 2.24) is 0 Å². The summed E-state index contributed by atoms with van der Waals surface area (Å²) >= 11 is 0. The Bertz CT molecular complexity index is 5900. The van der Waals surface area contributed by atoms with Gasteiger partial charge in [-0.15, -0.1) is 0 Å². The Morgan fingerprint density at radius 3 is 0.581 bits per heavy atom. The summed E-state index contributed by atoms with van der Waals surface area (Å²) in [6.07, 6.45) is 0. The normalized spacial score (nSPS) is 10.6. The minimum Gasteiger partial charge on any atom is -0.497 e. The monoisotopic (exact) mass is 1630 g/mol. The topological polar surface area (TPSA) is 87.5 Å². The molecule has 0 bridgehead atoms. The molecule has 13 nitrogen and oxygen atoms in total. The molecule has 0 radical (unpaired) electrons. The first-order chi connectivity index (χ1) is 60.0. The molecule has 0 aliphatic heterocycles. The second-order valence-corrected chi connectivity index (χ2v) is 31.3. The van der Waals surface area contributed by atoms with E-state index in [4.69, 9.17) is 9.47 Å². The van der Waals surface area contributed by atoms with E-state index >= 15 is 0 Å². The van der Waals surface area contributed by atoms with Gasteiger partial charge in [0.2, 0.25) is 0 Å². The van der Waals surface area contributed by atoms with Gasteiger partial charge in [0.05, 0.1) is 19.1 Å². The number of anilines is 20. The van der Waals surface area contributed by atoms with Gasteiger partial charge < -0.3 is 48.7 Å². The zero-order valence-corrected chi connectivity index (χ0v) is 73.6. The molecule has 0 fully saturated rings. The van der Waals surface area contributed by atoms with Crippen molar-refractivity contribution in [3.8, 4) is 11.5 Å². The number of non-ortho nitro benzene ring substituents is 1. The maximum Gasteiger partial charge on any atom is 0.269 e. The standard InChI is InChI=1S/2C28H28N2O.C28H28N2.C27H25N3O2/c1-21-5-9-25(10-6-21)30(26-11-7-22(2)8-12-26)27-15-13-23(14-16-27)29(3)24-17-19-28(31-4)20-18-24;1-21-8-12-24(13-9-21)30(25-14-10-22(2)11-15-25)26-18-16-23(17-19-26)29(3)27-6-5-7-28(20-27)31-4;1-21-8-12-25(13-9-21)30(26-14-10-22(2)11-15-26)27-18-16-24(17-19-27)29(4)28-7-5-6-23(3)20-28;1-20-4-8-24(9-5-20)29(25-10-6-21(2)7-11-25)26-16-12-22(13-17-26)28(3)23-14-18-27(19-15-23)30(31)32/h2*5-20H,1-4H3;5-20H,1-4H3;4-19H,1-3H3. The fraction of sp³-hybridized carbons (Fsp3) is 0.135. The van der Waals surface area contributed by atoms with Crippen molar-refractivity contribution in [2.24, 2.45) is 0 Å². The van der Waals surface area contributed by atoms with Crippen molar-refractivity contribution >= 4 is 119 Å². The second kappa shape index (κ2) is 40.8. The molecule has 0 aliphatic rings. The third-order valence-corrected chi connectivity index (χ3v) is 22.1. The van der Waals surface area contributed by atoms with E-state index in [1.165, 1.54) is 67.9 Å². The maximum absolute atomic E-state index is 10.9. The van der Waals surface area contributed by atoms with E-state index in [9.17, 15) is 10.1 Å². The Kier molecular flexibility index (Phi) is 28.5. The Morgan fingerprint density at radius 1 is 0.194 bits per heavy atom. The van der Waals surface area contributed by atoms with Crippen molar-refractivity contribution in [1.29, 1.82) is 0 Å². The molecule has 0 saturated carbocycles. The van der Waals surface area contributed by atoms with Crippen molar-refractivity contribution in [3.05, 3.63) is 448 Å². The summed E-state index contributed by atoms with van der Waals surface area (Å²) in [4.78, 5) is 28.2. The van der Waals surface area contributed by atoms with E-state index in [1.807, 2.05) is 42.3 Å². The lowest BCUT2D eigenvalue weighted by molar-refractivity contribution is -0.384. The summed E-state index contributed by atoms with van der Waals surface area (Å²) in [5, 5.41) is 10.9. The average molecular weight is 1630 g/mol. The van der Waals surface area contributed by atoms with Gasteiger partial charge in [-0.1, -0.05) is 160 Å². The molecule has 0 aliphatic carbocycles. The molecule has 622 valence electrons. The van der Waals surface area contributed by atoms with Gasteiger partial charge >= 0.3 is 0 Å². The lowest BCUT2D eigenvalue weighted by Gasteiger charge is -2.27. The number of nitro benzene ring substituents is 1. The summed E-state index contributed by atoms with van der Waals surface area (Å²) in [6.45, 7) is 19.0. The van der Waals surface area contributed by atoms with Crippen LogP contribution in [0.5, 0.6) is 11.5 Å².